The lowest BCUT2D eigenvalue weighted by Crippen LogP contribution is -2.59. The molecule has 4 rings (SSSR count). The molecular weight excluding hydrogens is 348 g/mol. The number of hydrogen-bond acceptors (Lipinski definition) is 5. The van der Waals surface area contributed by atoms with Gasteiger partial charge in [0.15, 0.2) is 6.29 Å². The molecule has 2 amide bonds. The number of carbonyl (C=O) groups excluding carboxylic acids is 1. The van der Waals surface area contributed by atoms with Crippen molar-refractivity contribution in [1.82, 2.24) is 15.1 Å². The zero-order valence-corrected chi connectivity index (χ0v) is 13.8. The predicted molar refractivity (Wildman–Crippen MR) is 89.3 cm³/mol. The van der Waals surface area contributed by atoms with Gasteiger partial charge in [0.2, 0.25) is 0 Å². The number of aromatic nitrogens is 2. The molecule has 0 aliphatic carbocycles. The molecule has 2 aromatic rings. The Morgan fingerprint density at radius 1 is 1.40 bits per heavy atom. The van der Waals surface area contributed by atoms with Gasteiger partial charge in [-0.25, -0.2) is 4.79 Å². The van der Waals surface area contributed by atoms with Gasteiger partial charge < -0.3 is 25.2 Å². The molecule has 2 bridgehead atoms. The molecule has 5 unspecified atom stereocenters. The molecule has 2 aliphatic rings. The molecule has 9 heteroatoms. The summed E-state index contributed by atoms with van der Waals surface area (Å²) in [6.45, 7) is 0.293. The molecule has 0 radical (unpaired) electrons. The second kappa shape index (κ2) is 6.64. The van der Waals surface area contributed by atoms with Gasteiger partial charge in [0.05, 0.1) is 12.6 Å². The van der Waals surface area contributed by atoms with Gasteiger partial charge in [-0.05, 0) is 24.3 Å². The summed E-state index contributed by atoms with van der Waals surface area (Å²) >= 11 is 5.91. The highest BCUT2D eigenvalue weighted by atomic mass is 35.5. The SMILES string of the molecule is O=C(Nc1cccc(Cl)c1)NC1C2COC(O2)C(n2cccn2)C1O. The Morgan fingerprint density at radius 2 is 2.28 bits per heavy atom. The first kappa shape index (κ1) is 16.3. The predicted octanol–water partition coefficient (Wildman–Crippen LogP) is 1.38. The zero-order valence-electron chi connectivity index (χ0n) is 13.1. The van der Waals surface area contributed by atoms with Crippen LogP contribution < -0.4 is 10.6 Å². The summed E-state index contributed by atoms with van der Waals surface area (Å²) in [4.78, 5) is 12.3. The summed E-state index contributed by atoms with van der Waals surface area (Å²) in [6.07, 6.45) is 1.42. The van der Waals surface area contributed by atoms with E-state index in [2.05, 4.69) is 15.7 Å². The average Bonchev–Trinajstić information content (AvgIpc) is 3.23. The minimum atomic E-state index is -0.906. The van der Waals surface area contributed by atoms with Gasteiger partial charge in [-0.1, -0.05) is 17.7 Å². The first-order chi connectivity index (χ1) is 12.1. The van der Waals surface area contributed by atoms with Crippen LogP contribution in [-0.2, 0) is 9.47 Å². The molecule has 2 aliphatic heterocycles. The van der Waals surface area contributed by atoms with Crippen molar-refractivity contribution in [2.24, 2.45) is 0 Å². The summed E-state index contributed by atoms with van der Waals surface area (Å²) in [6, 6.07) is 6.93. The number of fused-ring (bicyclic) bond motifs is 2. The van der Waals surface area contributed by atoms with Crippen molar-refractivity contribution in [2.45, 2.75) is 30.6 Å². The second-order valence-electron chi connectivity index (χ2n) is 5.98. The molecule has 25 heavy (non-hydrogen) atoms. The standard InChI is InChI=1S/C16H17ClN4O4/c17-9-3-1-4-10(7-9)19-16(23)20-12-11-8-24-15(25-11)13(14(12)22)21-6-2-5-18-21/h1-7,11-15,22H,8H2,(H2,19,20,23). The van der Waals surface area contributed by atoms with Crippen molar-refractivity contribution >= 4 is 23.3 Å². The summed E-state index contributed by atoms with van der Waals surface area (Å²) in [5, 5.41) is 20.9. The maximum Gasteiger partial charge on any atom is 0.319 e. The van der Waals surface area contributed by atoms with Crippen LogP contribution in [0.2, 0.25) is 5.02 Å². The molecule has 5 atom stereocenters. The van der Waals surface area contributed by atoms with Crippen LogP contribution in [0.15, 0.2) is 42.7 Å². The van der Waals surface area contributed by atoms with E-state index in [-0.39, 0.29) is 0 Å². The van der Waals surface area contributed by atoms with Crippen LogP contribution in [-0.4, -0.2) is 52.1 Å². The van der Waals surface area contributed by atoms with Gasteiger partial charge in [0, 0.05) is 23.1 Å². The van der Waals surface area contributed by atoms with Gasteiger partial charge >= 0.3 is 6.03 Å². The molecule has 0 spiro atoms. The molecule has 1 aromatic carbocycles. The molecule has 3 N–H and O–H groups in total. The number of urea groups is 1. The van der Waals surface area contributed by atoms with Crippen LogP contribution in [0.1, 0.15) is 6.04 Å². The van der Waals surface area contributed by atoms with E-state index in [1.54, 1.807) is 47.4 Å². The number of nitrogens with zero attached hydrogens (tertiary/aromatic N) is 2. The summed E-state index contributed by atoms with van der Waals surface area (Å²) in [7, 11) is 0. The van der Waals surface area contributed by atoms with E-state index < -0.39 is 36.6 Å². The number of ether oxygens (including phenoxy) is 2. The molecule has 2 fully saturated rings. The van der Waals surface area contributed by atoms with Gasteiger partial charge in [-0.15, -0.1) is 0 Å². The average molecular weight is 365 g/mol. The van der Waals surface area contributed by atoms with Gasteiger partial charge in [-0.3, -0.25) is 4.68 Å². The Morgan fingerprint density at radius 3 is 3.04 bits per heavy atom. The van der Waals surface area contributed by atoms with Gasteiger partial charge in [-0.2, -0.15) is 5.10 Å². The number of nitrogens with one attached hydrogen (secondary N) is 2. The highest BCUT2D eigenvalue weighted by Gasteiger charge is 2.51. The third-order valence-corrected chi connectivity index (χ3v) is 4.58. The number of hydrogen-bond donors (Lipinski definition) is 3. The Bertz CT molecular complexity index is 756. The quantitative estimate of drug-likeness (QED) is 0.764. The highest BCUT2D eigenvalue weighted by molar-refractivity contribution is 6.30. The Kier molecular flexibility index (Phi) is 4.34. The minimum Gasteiger partial charge on any atom is -0.388 e. The van der Waals surface area contributed by atoms with Crippen molar-refractivity contribution in [2.75, 3.05) is 11.9 Å². The first-order valence-corrected chi connectivity index (χ1v) is 8.27. The fourth-order valence-electron chi connectivity index (χ4n) is 3.20. The number of halogens is 1. The normalized spacial score (nSPS) is 30.9. The molecule has 132 valence electrons. The van der Waals surface area contributed by atoms with E-state index >= 15 is 0 Å². The monoisotopic (exact) mass is 364 g/mol. The molecule has 0 saturated carbocycles. The van der Waals surface area contributed by atoms with E-state index in [9.17, 15) is 9.90 Å². The minimum absolute atomic E-state index is 0.293. The Hall–Kier alpha value is -2.13. The van der Waals surface area contributed by atoms with Crippen molar-refractivity contribution in [3.8, 4) is 0 Å². The van der Waals surface area contributed by atoms with Crippen LogP contribution in [0.5, 0.6) is 0 Å². The van der Waals surface area contributed by atoms with E-state index in [1.807, 2.05) is 0 Å². The third kappa shape index (κ3) is 3.21. The van der Waals surface area contributed by atoms with Gasteiger partial charge in [0.25, 0.3) is 0 Å². The maximum atomic E-state index is 12.3. The molecule has 8 nitrogen and oxygen atoms in total. The third-order valence-electron chi connectivity index (χ3n) is 4.34. The largest absolute Gasteiger partial charge is 0.388 e. The molecular formula is C16H17ClN4O4. The van der Waals surface area contributed by atoms with Crippen molar-refractivity contribution in [3.05, 3.63) is 47.7 Å². The second-order valence-corrected chi connectivity index (χ2v) is 6.41. The lowest BCUT2D eigenvalue weighted by molar-refractivity contribution is -0.166. The van der Waals surface area contributed by atoms with Crippen LogP contribution in [0, 0.1) is 0 Å². The van der Waals surface area contributed by atoms with Crippen LogP contribution in [0.25, 0.3) is 0 Å². The Balaban J connectivity index is 1.48. The lowest BCUT2D eigenvalue weighted by atomic mass is 9.96. The van der Waals surface area contributed by atoms with E-state index in [0.29, 0.717) is 17.3 Å². The number of amides is 2. The van der Waals surface area contributed by atoms with Crippen LogP contribution >= 0.6 is 11.6 Å². The summed E-state index contributed by atoms with van der Waals surface area (Å²) in [5.41, 5.74) is 0.556. The van der Waals surface area contributed by atoms with E-state index in [0.717, 1.165) is 0 Å². The molecule has 2 saturated heterocycles. The van der Waals surface area contributed by atoms with Crippen molar-refractivity contribution < 1.29 is 19.4 Å². The number of rotatable bonds is 3. The van der Waals surface area contributed by atoms with Crippen molar-refractivity contribution in [1.29, 1.82) is 0 Å². The molecule has 1 aromatic heterocycles. The van der Waals surface area contributed by atoms with Crippen LogP contribution in [0.4, 0.5) is 10.5 Å². The van der Waals surface area contributed by atoms with Crippen molar-refractivity contribution in [3.63, 3.8) is 0 Å². The highest BCUT2D eigenvalue weighted by Crippen LogP contribution is 2.35. The fourth-order valence-corrected chi connectivity index (χ4v) is 3.39. The Labute approximate surface area is 148 Å². The fraction of sp³-hybridized carbons (Fsp3) is 0.375. The first-order valence-electron chi connectivity index (χ1n) is 7.89. The number of anilines is 1. The number of aliphatic hydroxyl groups is 1. The van der Waals surface area contributed by atoms with Crippen LogP contribution in [0.3, 0.4) is 0 Å². The number of benzene rings is 1. The smallest absolute Gasteiger partial charge is 0.319 e. The number of aliphatic hydroxyl groups excluding tert-OH is 1. The lowest BCUT2D eigenvalue weighted by Gasteiger charge is -2.38. The summed E-state index contributed by atoms with van der Waals surface area (Å²) in [5.74, 6) is 0. The molecule has 3 heterocycles. The topological polar surface area (TPSA) is 97.6 Å². The summed E-state index contributed by atoms with van der Waals surface area (Å²) < 4.78 is 13.0. The zero-order chi connectivity index (χ0) is 17.4. The van der Waals surface area contributed by atoms with E-state index in [4.69, 9.17) is 21.1 Å². The van der Waals surface area contributed by atoms with E-state index in [1.165, 1.54) is 0 Å². The number of carbonyl (C=O) groups is 1. The van der Waals surface area contributed by atoms with Gasteiger partial charge in [0.1, 0.15) is 18.2 Å². The maximum absolute atomic E-state index is 12.3.